The number of halogens is 2. The molecule has 1 aromatic carbocycles. The van der Waals surface area contributed by atoms with Gasteiger partial charge < -0.3 is 5.11 Å². The standard InChI is InChI=1S/C7H3Cl2NO/c8-5-1-2-6(11)4(3-10)7(5)9/h1-2,11H. The Bertz CT molecular complexity index is 330. The topological polar surface area (TPSA) is 44.0 Å². The van der Waals surface area contributed by atoms with Gasteiger partial charge in [0.15, 0.2) is 0 Å². The molecule has 0 saturated heterocycles. The molecule has 0 amide bonds. The van der Waals surface area contributed by atoms with E-state index in [0.717, 1.165) is 0 Å². The van der Waals surface area contributed by atoms with Crippen LogP contribution in [-0.4, -0.2) is 5.11 Å². The minimum Gasteiger partial charge on any atom is -0.507 e. The van der Waals surface area contributed by atoms with Crippen LogP contribution in [0.3, 0.4) is 0 Å². The van der Waals surface area contributed by atoms with E-state index in [4.69, 9.17) is 33.6 Å². The number of phenols is 1. The highest BCUT2D eigenvalue weighted by Crippen LogP contribution is 2.31. The van der Waals surface area contributed by atoms with E-state index in [2.05, 4.69) is 0 Å². The molecule has 4 heteroatoms. The number of nitrogens with zero attached hydrogens (tertiary/aromatic N) is 1. The summed E-state index contributed by atoms with van der Waals surface area (Å²) < 4.78 is 0. The summed E-state index contributed by atoms with van der Waals surface area (Å²) in [4.78, 5) is 0. The third-order valence-electron chi connectivity index (χ3n) is 1.18. The van der Waals surface area contributed by atoms with Gasteiger partial charge in [0.1, 0.15) is 17.4 Å². The number of rotatable bonds is 0. The molecule has 1 rings (SSSR count). The molecule has 0 fully saturated rings. The van der Waals surface area contributed by atoms with Crippen LogP contribution >= 0.6 is 23.2 Å². The van der Waals surface area contributed by atoms with Crippen LogP contribution in [0.4, 0.5) is 0 Å². The number of phenolic OH excluding ortho intramolecular Hbond substituents is 1. The summed E-state index contributed by atoms with van der Waals surface area (Å²) >= 11 is 11.2. The number of benzene rings is 1. The van der Waals surface area contributed by atoms with Crippen LogP contribution in [0.2, 0.25) is 10.0 Å². The van der Waals surface area contributed by atoms with Crippen molar-refractivity contribution < 1.29 is 5.11 Å². The molecule has 0 heterocycles. The fourth-order valence-corrected chi connectivity index (χ4v) is 1.01. The molecule has 0 aliphatic carbocycles. The van der Waals surface area contributed by atoms with Crippen LogP contribution in [0.25, 0.3) is 0 Å². The van der Waals surface area contributed by atoms with Crippen molar-refractivity contribution >= 4 is 23.2 Å². The summed E-state index contributed by atoms with van der Waals surface area (Å²) in [7, 11) is 0. The molecule has 0 bridgehead atoms. The SMILES string of the molecule is N#Cc1c(O)ccc(Cl)c1Cl. The van der Waals surface area contributed by atoms with Gasteiger partial charge in [-0.25, -0.2) is 0 Å². The average Bonchev–Trinajstić information content (AvgIpc) is 1.99. The molecule has 0 aromatic heterocycles. The number of nitriles is 1. The lowest BCUT2D eigenvalue weighted by Crippen LogP contribution is -1.78. The Labute approximate surface area is 73.6 Å². The molecule has 11 heavy (non-hydrogen) atoms. The maximum absolute atomic E-state index is 9.05. The monoisotopic (exact) mass is 187 g/mol. The molecule has 56 valence electrons. The van der Waals surface area contributed by atoms with Gasteiger partial charge in [-0.1, -0.05) is 23.2 Å². The van der Waals surface area contributed by atoms with E-state index in [-0.39, 0.29) is 21.4 Å². The summed E-state index contributed by atoms with van der Waals surface area (Å²) in [5.74, 6) is -0.151. The third kappa shape index (κ3) is 1.40. The summed E-state index contributed by atoms with van der Waals surface area (Å²) in [6.07, 6.45) is 0. The summed E-state index contributed by atoms with van der Waals surface area (Å²) in [5.41, 5.74) is 0.0131. The van der Waals surface area contributed by atoms with Crippen LogP contribution in [0.1, 0.15) is 5.56 Å². The maximum atomic E-state index is 9.05. The minimum absolute atomic E-state index is 0.0131. The number of hydrogen-bond acceptors (Lipinski definition) is 2. The molecule has 1 aromatic rings. The van der Waals surface area contributed by atoms with E-state index in [0.29, 0.717) is 0 Å². The van der Waals surface area contributed by atoms with E-state index in [1.807, 2.05) is 0 Å². The first kappa shape index (κ1) is 8.19. The van der Waals surface area contributed by atoms with E-state index in [9.17, 15) is 0 Å². The van der Waals surface area contributed by atoms with Crippen molar-refractivity contribution in [1.82, 2.24) is 0 Å². The van der Waals surface area contributed by atoms with Gasteiger partial charge in [-0.2, -0.15) is 5.26 Å². The predicted molar refractivity (Wildman–Crippen MR) is 42.8 cm³/mol. The van der Waals surface area contributed by atoms with Gasteiger partial charge in [0.05, 0.1) is 10.0 Å². The smallest absolute Gasteiger partial charge is 0.134 e. The largest absolute Gasteiger partial charge is 0.507 e. The summed E-state index contributed by atoms with van der Waals surface area (Å²) in [6.45, 7) is 0. The van der Waals surface area contributed by atoms with Crippen molar-refractivity contribution in [2.75, 3.05) is 0 Å². The minimum atomic E-state index is -0.151. The van der Waals surface area contributed by atoms with Gasteiger partial charge in [0, 0.05) is 0 Å². The second kappa shape index (κ2) is 3.00. The molecule has 0 radical (unpaired) electrons. The highest BCUT2D eigenvalue weighted by atomic mass is 35.5. The van der Waals surface area contributed by atoms with Crippen LogP contribution < -0.4 is 0 Å². The Balaban J connectivity index is 3.44. The Kier molecular flexibility index (Phi) is 2.23. The van der Waals surface area contributed by atoms with Gasteiger partial charge >= 0.3 is 0 Å². The van der Waals surface area contributed by atoms with E-state index in [1.165, 1.54) is 12.1 Å². The van der Waals surface area contributed by atoms with Crippen LogP contribution in [0, 0.1) is 11.3 Å². The maximum Gasteiger partial charge on any atom is 0.134 e. The molecular formula is C7H3Cl2NO. The van der Waals surface area contributed by atoms with Gasteiger partial charge in [-0.15, -0.1) is 0 Å². The molecule has 0 aliphatic rings. The van der Waals surface area contributed by atoms with Gasteiger partial charge in [-0.3, -0.25) is 0 Å². The van der Waals surface area contributed by atoms with Crippen molar-refractivity contribution in [3.05, 3.63) is 27.7 Å². The summed E-state index contributed by atoms with van der Waals surface area (Å²) in [5, 5.41) is 17.9. The Morgan fingerprint density at radius 1 is 1.36 bits per heavy atom. The lowest BCUT2D eigenvalue weighted by atomic mass is 10.2. The quantitative estimate of drug-likeness (QED) is 0.679. The van der Waals surface area contributed by atoms with Crippen LogP contribution in [0.15, 0.2) is 12.1 Å². The average molecular weight is 188 g/mol. The molecule has 2 nitrogen and oxygen atoms in total. The number of aromatic hydroxyl groups is 1. The Morgan fingerprint density at radius 3 is 2.45 bits per heavy atom. The Morgan fingerprint density at radius 2 is 2.00 bits per heavy atom. The third-order valence-corrected chi connectivity index (χ3v) is 1.99. The highest BCUT2D eigenvalue weighted by Gasteiger charge is 2.08. The first-order chi connectivity index (χ1) is 5.16. The second-order valence-electron chi connectivity index (χ2n) is 1.87. The highest BCUT2D eigenvalue weighted by molar-refractivity contribution is 6.42. The van der Waals surface area contributed by atoms with E-state index >= 15 is 0 Å². The lowest BCUT2D eigenvalue weighted by Gasteiger charge is -1.98. The fourth-order valence-electron chi connectivity index (χ4n) is 0.647. The van der Waals surface area contributed by atoms with E-state index in [1.54, 1.807) is 6.07 Å². The van der Waals surface area contributed by atoms with Crippen LogP contribution in [-0.2, 0) is 0 Å². The molecule has 0 spiro atoms. The molecular weight excluding hydrogens is 185 g/mol. The van der Waals surface area contributed by atoms with Crippen molar-refractivity contribution in [2.24, 2.45) is 0 Å². The first-order valence-electron chi connectivity index (χ1n) is 2.74. The lowest BCUT2D eigenvalue weighted by molar-refractivity contribution is 0.473. The van der Waals surface area contributed by atoms with Crippen molar-refractivity contribution in [1.29, 1.82) is 5.26 Å². The Hall–Kier alpha value is -0.910. The molecule has 0 saturated carbocycles. The predicted octanol–water partition coefficient (Wildman–Crippen LogP) is 2.57. The molecule has 0 unspecified atom stereocenters. The summed E-state index contributed by atoms with van der Waals surface area (Å²) in [6, 6.07) is 4.49. The molecule has 0 atom stereocenters. The zero-order valence-electron chi connectivity index (χ0n) is 5.31. The van der Waals surface area contributed by atoms with Crippen LogP contribution in [0.5, 0.6) is 5.75 Å². The fraction of sp³-hybridized carbons (Fsp3) is 0. The molecule has 1 N–H and O–H groups in total. The number of hydrogen-bond donors (Lipinski definition) is 1. The van der Waals surface area contributed by atoms with Crippen molar-refractivity contribution in [3.8, 4) is 11.8 Å². The second-order valence-corrected chi connectivity index (χ2v) is 2.65. The van der Waals surface area contributed by atoms with Crippen molar-refractivity contribution in [2.45, 2.75) is 0 Å². The first-order valence-corrected chi connectivity index (χ1v) is 3.49. The zero-order valence-corrected chi connectivity index (χ0v) is 6.82. The van der Waals surface area contributed by atoms with Gasteiger partial charge in [0.2, 0.25) is 0 Å². The van der Waals surface area contributed by atoms with Crippen molar-refractivity contribution in [3.63, 3.8) is 0 Å². The molecule has 0 aliphatic heterocycles. The van der Waals surface area contributed by atoms with Gasteiger partial charge in [0.25, 0.3) is 0 Å². The van der Waals surface area contributed by atoms with E-state index < -0.39 is 0 Å². The normalized spacial score (nSPS) is 9.18. The van der Waals surface area contributed by atoms with Gasteiger partial charge in [-0.05, 0) is 12.1 Å². The zero-order chi connectivity index (χ0) is 8.43.